The van der Waals surface area contributed by atoms with Crippen molar-refractivity contribution >= 4 is 11.6 Å². The maximum Gasteiger partial charge on any atom is 0.416 e. The highest BCUT2D eigenvalue weighted by molar-refractivity contribution is 6.32. The Morgan fingerprint density at radius 3 is 2.33 bits per heavy atom. The van der Waals surface area contributed by atoms with Crippen LogP contribution < -0.4 is 10.5 Å². The SMILES string of the molecule is COc1c(Cl)cc(C(F)(F)F)cc1C1(CN)CCCCC1. The van der Waals surface area contributed by atoms with Crippen LogP contribution in [0.25, 0.3) is 0 Å². The molecule has 1 fully saturated rings. The van der Waals surface area contributed by atoms with Crippen molar-refractivity contribution in [3.63, 3.8) is 0 Å². The molecular weight excluding hydrogens is 303 g/mol. The van der Waals surface area contributed by atoms with Crippen LogP contribution in [0.5, 0.6) is 5.75 Å². The fourth-order valence-corrected chi connectivity index (χ4v) is 3.47. The Kier molecular flexibility index (Phi) is 4.73. The first-order valence-electron chi connectivity index (χ1n) is 6.99. The molecule has 1 aliphatic carbocycles. The van der Waals surface area contributed by atoms with Crippen molar-refractivity contribution in [2.45, 2.75) is 43.7 Å². The van der Waals surface area contributed by atoms with Crippen LogP contribution in [0.1, 0.15) is 43.2 Å². The fraction of sp³-hybridized carbons (Fsp3) is 0.600. The van der Waals surface area contributed by atoms with E-state index in [0.717, 1.165) is 44.2 Å². The van der Waals surface area contributed by atoms with Crippen molar-refractivity contribution in [3.05, 3.63) is 28.3 Å². The number of halogens is 4. The van der Waals surface area contributed by atoms with Crippen LogP contribution in [-0.4, -0.2) is 13.7 Å². The van der Waals surface area contributed by atoms with Gasteiger partial charge in [0.2, 0.25) is 0 Å². The summed E-state index contributed by atoms with van der Waals surface area (Å²) in [5.41, 5.74) is 5.19. The van der Waals surface area contributed by atoms with E-state index in [4.69, 9.17) is 22.1 Å². The van der Waals surface area contributed by atoms with E-state index in [0.29, 0.717) is 17.9 Å². The summed E-state index contributed by atoms with van der Waals surface area (Å²) < 4.78 is 44.4. The number of hydrogen-bond donors (Lipinski definition) is 1. The molecule has 1 aromatic rings. The van der Waals surface area contributed by atoms with Crippen LogP contribution in [-0.2, 0) is 11.6 Å². The van der Waals surface area contributed by atoms with E-state index in [2.05, 4.69) is 0 Å². The van der Waals surface area contributed by atoms with Crippen molar-refractivity contribution in [3.8, 4) is 5.75 Å². The molecular formula is C15H19ClF3NO. The highest BCUT2D eigenvalue weighted by Gasteiger charge is 2.39. The van der Waals surface area contributed by atoms with Crippen molar-refractivity contribution in [1.29, 1.82) is 0 Å². The molecule has 1 aliphatic rings. The summed E-state index contributed by atoms with van der Waals surface area (Å²) in [6.07, 6.45) is 0.0727. The molecule has 0 spiro atoms. The van der Waals surface area contributed by atoms with E-state index >= 15 is 0 Å². The Bertz CT molecular complexity index is 510. The number of ether oxygens (including phenoxy) is 1. The number of hydrogen-bond acceptors (Lipinski definition) is 2. The van der Waals surface area contributed by atoms with E-state index in [1.165, 1.54) is 7.11 Å². The summed E-state index contributed by atoms with van der Waals surface area (Å²) in [5, 5.41) is -0.0132. The molecule has 2 rings (SSSR count). The second-order valence-corrected chi connectivity index (χ2v) is 5.99. The van der Waals surface area contributed by atoms with E-state index in [1.807, 2.05) is 0 Å². The standard InChI is InChI=1S/C15H19ClF3NO/c1-21-13-11(14(9-20)5-3-2-4-6-14)7-10(8-12(13)16)15(17,18)19/h7-8H,2-6,9,20H2,1H3. The number of benzene rings is 1. The normalized spacial score (nSPS) is 18.6. The molecule has 0 unspecified atom stereocenters. The van der Waals surface area contributed by atoms with Gasteiger partial charge >= 0.3 is 6.18 Å². The number of methoxy groups -OCH3 is 1. The van der Waals surface area contributed by atoms with Gasteiger partial charge in [0.1, 0.15) is 5.75 Å². The summed E-state index contributed by atoms with van der Waals surface area (Å²) in [7, 11) is 1.42. The summed E-state index contributed by atoms with van der Waals surface area (Å²) in [6, 6.07) is 2.07. The molecule has 1 aromatic carbocycles. The van der Waals surface area contributed by atoms with Crippen molar-refractivity contribution < 1.29 is 17.9 Å². The smallest absolute Gasteiger partial charge is 0.416 e. The topological polar surface area (TPSA) is 35.2 Å². The molecule has 0 aliphatic heterocycles. The van der Waals surface area contributed by atoms with E-state index < -0.39 is 17.2 Å². The summed E-state index contributed by atoms with van der Waals surface area (Å²) in [6.45, 7) is 0.293. The number of nitrogens with two attached hydrogens (primary N) is 1. The average molecular weight is 322 g/mol. The third-order valence-electron chi connectivity index (χ3n) is 4.35. The third kappa shape index (κ3) is 3.14. The summed E-state index contributed by atoms with van der Waals surface area (Å²) in [4.78, 5) is 0. The lowest BCUT2D eigenvalue weighted by atomic mass is 9.69. The van der Waals surface area contributed by atoms with Gasteiger partial charge < -0.3 is 10.5 Å². The lowest BCUT2D eigenvalue weighted by Gasteiger charge is -2.38. The maximum atomic E-state index is 13.0. The monoisotopic (exact) mass is 321 g/mol. The van der Waals surface area contributed by atoms with Gasteiger partial charge in [-0.3, -0.25) is 0 Å². The molecule has 1 saturated carbocycles. The van der Waals surface area contributed by atoms with Crippen molar-refractivity contribution in [1.82, 2.24) is 0 Å². The van der Waals surface area contributed by atoms with Crippen LogP contribution >= 0.6 is 11.6 Å². The zero-order chi connectivity index (χ0) is 15.7. The molecule has 2 N–H and O–H groups in total. The molecule has 0 atom stereocenters. The van der Waals surface area contributed by atoms with E-state index in [1.54, 1.807) is 0 Å². The van der Waals surface area contributed by atoms with Crippen molar-refractivity contribution in [2.75, 3.05) is 13.7 Å². The Hall–Kier alpha value is -0.940. The lowest BCUT2D eigenvalue weighted by molar-refractivity contribution is -0.137. The molecule has 0 saturated heterocycles. The van der Waals surface area contributed by atoms with Gasteiger partial charge in [0.05, 0.1) is 17.7 Å². The Labute approximate surface area is 127 Å². The van der Waals surface area contributed by atoms with Gasteiger partial charge in [-0.25, -0.2) is 0 Å². The first kappa shape index (κ1) is 16.4. The lowest BCUT2D eigenvalue weighted by Crippen LogP contribution is -2.37. The molecule has 6 heteroatoms. The van der Waals surface area contributed by atoms with Crippen molar-refractivity contribution in [2.24, 2.45) is 5.73 Å². The Balaban J connectivity index is 2.61. The quantitative estimate of drug-likeness (QED) is 0.887. The van der Waals surface area contributed by atoms with Crippen LogP contribution in [0.2, 0.25) is 5.02 Å². The van der Waals surface area contributed by atoms with E-state index in [-0.39, 0.29) is 5.02 Å². The van der Waals surface area contributed by atoms with Gasteiger partial charge in [-0.2, -0.15) is 13.2 Å². The predicted octanol–water partition coefficient (Wildman–Crippen LogP) is 4.53. The fourth-order valence-electron chi connectivity index (χ4n) is 3.17. The van der Waals surface area contributed by atoms with Gasteiger partial charge in [0.15, 0.2) is 0 Å². The number of rotatable bonds is 3. The largest absolute Gasteiger partial charge is 0.495 e. The minimum atomic E-state index is -4.44. The molecule has 0 heterocycles. The molecule has 2 nitrogen and oxygen atoms in total. The first-order chi connectivity index (χ1) is 9.84. The average Bonchev–Trinajstić information content (AvgIpc) is 2.46. The molecule has 0 bridgehead atoms. The van der Waals surface area contributed by atoms with Gasteiger partial charge in [0, 0.05) is 17.5 Å². The highest BCUT2D eigenvalue weighted by Crippen LogP contribution is 2.47. The first-order valence-corrected chi connectivity index (χ1v) is 7.37. The zero-order valence-corrected chi connectivity index (χ0v) is 12.7. The molecule has 0 aromatic heterocycles. The molecule has 0 radical (unpaired) electrons. The second-order valence-electron chi connectivity index (χ2n) is 5.58. The van der Waals surface area contributed by atoms with Crippen LogP contribution in [0, 0.1) is 0 Å². The zero-order valence-electron chi connectivity index (χ0n) is 11.9. The Morgan fingerprint density at radius 1 is 1.24 bits per heavy atom. The summed E-state index contributed by atoms with van der Waals surface area (Å²) in [5.74, 6) is 0.317. The minimum absolute atomic E-state index is 0.0132. The van der Waals surface area contributed by atoms with Crippen LogP contribution in [0.15, 0.2) is 12.1 Å². The maximum absolute atomic E-state index is 13.0. The van der Waals surface area contributed by atoms with Gasteiger partial charge in [0.25, 0.3) is 0 Å². The van der Waals surface area contributed by atoms with Gasteiger partial charge in [-0.1, -0.05) is 30.9 Å². The van der Waals surface area contributed by atoms with Crippen LogP contribution in [0.3, 0.4) is 0 Å². The summed E-state index contributed by atoms with van der Waals surface area (Å²) >= 11 is 6.01. The molecule has 0 amide bonds. The van der Waals surface area contributed by atoms with Gasteiger partial charge in [-0.15, -0.1) is 0 Å². The Morgan fingerprint density at radius 2 is 1.86 bits per heavy atom. The van der Waals surface area contributed by atoms with E-state index in [9.17, 15) is 13.2 Å². The highest BCUT2D eigenvalue weighted by atomic mass is 35.5. The molecule has 118 valence electrons. The number of alkyl halides is 3. The van der Waals surface area contributed by atoms with Gasteiger partial charge in [-0.05, 0) is 25.0 Å². The second kappa shape index (κ2) is 6.05. The third-order valence-corrected chi connectivity index (χ3v) is 4.63. The molecule has 21 heavy (non-hydrogen) atoms. The minimum Gasteiger partial charge on any atom is -0.495 e. The van der Waals surface area contributed by atoms with Crippen LogP contribution in [0.4, 0.5) is 13.2 Å². The predicted molar refractivity (Wildman–Crippen MR) is 76.8 cm³/mol.